The molecule has 3 heterocycles. The zero-order valence-corrected chi connectivity index (χ0v) is 13.9. The molecular weight excluding hydrogens is 318 g/mol. The van der Waals surface area contributed by atoms with Crippen LogP contribution in [0.15, 0.2) is 34.6 Å². The first kappa shape index (κ1) is 15.4. The fourth-order valence-electron chi connectivity index (χ4n) is 2.40. The van der Waals surface area contributed by atoms with E-state index in [4.69, 9.17) is 17.3 Å². The van der Waals surface area contributed by atoms with Crippen LogP contribution in [0.5, 0.6) is 0 Å². The average Bonchev–Trinajstić information content (AvgIpc) is 2.53. The molecule has 0 aliphatic carbocycles. The van der Waals surface area contributed by atoms with Crippen LogP contribution < -0.4 is 10.6 Å². The Morgan fingerprint density at radius 1 is 1.23 bits per heavy atom. The monoisotopic (exact) mass is 335 g/mol. The van der Waals surface area contributed by atoms with Gasteiger partial charge < -0.3 is 10.6 Å². The Balaban J connectivity index is 1.70. The van der Waals surface area contributed by atoms with Crippen molar-refractivity contribution >= 4 is 35.0 Å². The van der Waals surface area contributed by atoms with E-state index in [1.807, 2.05) is 12.3 Å². The molecule has 2 aromatic heterocycles. The number of nitrogens with zero attached hydrogens (tertiary/aromatic N) is 4. The maximum Gasteiger partial charge on any atom is 0.147 e. The van der Waals surface area contributed by atoms with E-state index in [-0.39, 0.29) is 0 Å². The summed E-state index contributed by atoms with van der Waals surface area (Å²) < 4.78 is 0. The van der Waals surface area contributed by atoms with Gasteiger partial charge in [-0.15, -0.1) is 0 Å². The number of nitrogens with two attached hydrogens (primary N) is 1. The van der Waals surface area contributed by atoms with E-state index in [1.54, 1.807) is 12.4 Å². The maximum atomic E-state index is 6.15. The lowest BCUT2D eigenvalue weighted by atomic mass is 9.99. The van der Waals surface area contributed by atoms with Gasteiger partial charge in [-0.1, -0.05) is 30.3 Å². The van der Waals surface area contributed by atoms with Crippen molar-refractivity contribution in [2.45, 2.75) is 29.7 Å². The Kier molecular flexibility index (Phi) is 4.69. The van der Waals surface area contributed by atoms with Crippen LogP contribution in [0.2, 0.25) is 5.02 Å². The van der Waals surface area contributed by atoms with Crippen LogP contribution in [-0.4, -0.2) is 28.0 Å². The Bertz CT molecular complexity index is 641. The van der Waals surface area contributed by atoms with Crippen molar-refractivity contribution in [1.82, 2.24) is 15.0 Å². The highest BCUT2D eigenvalue weighted by molar-refractivity contribution is 7.99. The number of nitrogen functional groups attached to an aromatic ring is 1. The summed E-state index contributed by atoms with van der Waals surface area (Å²) in [5.74, 6) is 2.08. The highest BCUT2D eigenvalue weighted by Gasteiger charge is 2.17. The number of anilines is 2. The van der Waals surface area contributed by atoms with Crippen LogP contribution in [0.3, 0.4) is 0 Å². The second-order valence-corrected chi connectivity index (χ2v) is 6.93. The van der Waals surface area contributed by atoms with Crippen molar-refractivity contribution in [3.63, 3.8) is 0 Å². The zero-order valence-electron chi connectivity index (χ0n) is 12.4. The number of pyridine rings is 1. The van der Waals surface area contributed by atoms with Gasteiger partial charge in [0.1, 0.15) is 16.7 Å². The topological polar surface area (TPSA) is 67.9 Å². The molecule has 0 bridgehead atoms. The van der Waals surface area contributed by atoms with Crippen molar-refractivity contribution in [3.8, 4) is 0 Å². The van der Waals surface area contributed by atoms with Gasteiger partial charge in [-0.25, -0.2) is 15.0 Å². The van der Waals surface area contributed by atoms with Crippen LogP contribution in [0.1, 0.15) is 19.8 Å². The summed E-state index contributed by atoms with van der Waals surface area (Å²) in [6, 6.07) is 1.82. The Morgan fingerprint density at radius 3 is 2.68 bits per heavy atom. The highest BCUT2D eigenvalue weighted by atomic mass is 35.5. The van der Waals surface area contributed by atoms with Crippen molar-refractivity contribution in [3.05, 3.63) is 29.7 Å². The summed E-state index contributed by atoms with van der Waals surface area (Å²) in [4.78, 5) is 16.1. The number of rotatable bonds is 3. The molecule has 3 rings (SSSR count). The number of piperidine rings is 1. The van der Waals surface area contributed by atoms with Gasteiger partial charge in [0.2, 0.25) is 0 Å². The Hall–Kier alpha value is -1.53. The maximum absolute atomic E-state index is 6.15. The lowest BCUT2D eigenvalue weighted by Crippen LogP contribution is -2.33. The van der Waals surface area contributed by atoms with E-state index in [1.165, 1.54) is 24.6 Å². The Labute approximate surface area is 139 Å². The molecule has 1 aliphatic rings. The molecule has 7 heteroatoms. The van der Waals surface area contributed by atoms with Crippen LogP contribution in [0.4, 0.5) is 11.6 Å². The third-order valence-corrected chi connectivity index (χ3v) is 5.31. The molecule has 1 saturated heterocycles. The molecule has 2 aromatic rings. The van der Waals surface area contributed by atoms with E-state index in [2.05, 4.69) is 26.8 Å². The predicted octanol–water partition coefficient (Wildman–Crippen LogP) is 3.49. The summed E-state index contributed by atoms with van der Waals surface area (Å²) in [5.41, 5.74) is 5.71. The van der Waals surface area contributed by atoms with Crippen LogP contribution in [0.25, 0.3) is 0 Å². The van der Waals surface area contributed by atoms with Gasteiger partial charge in [-0.3, -0.25) is 0 Å². The van der Waals surface area contributed by atoms with E-state index < -0.39 is 0 Å². The average molecular weight is 336 g/mol. The molecule has 0 unspecified atom stereocenters. The van der Waals surface area contributed by atoms with E-state index in [0.29, 0.717) is 10.8 Å². The predicted molar refractivity (Wildman–Crippen MR) is 90.4 cm³/mol. The summed E-state index contributed by atoms with van der Waals surface area (Å²) in [6.45, 7) is 4.40. The second-order valence-electron chi connectivity index (χ2n) is 5.49. The van der Waals surface area contributed by atoms with Crippen LogP contribution in [0, 0.1) is 5.92 Å². The molecule has 5 nitrogen and oxygen atoms in total. The van der Waals surface area contributed by atoms with Gasteiger partial charge in [-0.2, -0.15) is 0 Å². The molecule has 1 fully saturated rings. The number of hydrogen-bond acceptors (Lipinski definition) is 6. The first-order valence-corrected chi connectivity index (χ1v) is 8.48. The van der Waals surface area contributed by atoms with Gasteiger partial charge in [0.05, 0.1) is 17.4 Å². The molecular formula is C15H18ClN5S. The largest absolute Gasteiger partial charge is 0.382 e. The normalized spacial score (nSPS) is 16.0. The minimum Gasteiger partial charge on any atom is -0.382 e. The van der Waals surface area contributed by atoms with E-state index in [0.717, 1.165) is 34.7 Å². The first-order chi connectivity index (χ1) is 10.6. The first-order valence-electron chi connectivity index (χ1n) is 7.28. The van der Waals surface area contributed by atoms with Gasteiger partial charge in [0, 0.05) is 24.2 Å². The van der Waals surface area contributed by atoms with E-state index in [9.17, 15) is 0 Å². The Morgan fingerprint density at radius 2 is 2.00 bits per heavy atom. The minimum atomic E-state index is 0.332. The smallest absolute Gasteiger partial charge is 0.147 e. The summed E-state index contributed by atoms with van der Waals surface area (Å²) in [6.07, 6.45) is 7.68. The summed E-state index contributed by atoms with van der Waals surface area (Å²) >= 11 is 7.59. The molecule has 0 atom stereocenters. The summed E-state index contributed by atoms with van der Waals surface area (Å²) in [7, 11) is 0. The zero-order chi connectivity index (χ0) is 15.5. The lowest BCUT2D eigenvalue weighted by molar-refractivity contribution is 0.436. The molecule has 116 valence electrons. The number of halogens is 1. The van der Waals surface area contributed by atoms with Gasteiger partial charge in [-0.05, 0) is 24.8 Å². The molecule has 0 saturated carbocycles. The fraction of sp³-hybridized carbons (Fsp3) is 0.400. The lowest BCUT2D eigenvalue weighted by Gasteiger charge is -2.30. The third-order valence-electron chi connectivity index (χ3n) is 3.82. The fourth-order valence-corrected chi connectivity index (χ4v) is 3.38. The van der Waals surface area contributed by atoms with Crippen molar-refractivity contribution in [2.75, 3.05) is 23.7 Å². The summed E-state index contributed by atoms with van der Waals surface area (Å²) in [5, 5.41) is 1.25. The number of aromatic nitrogens is 3. The van der Waals surface area contributed by atoms with Crippen molar-refractivity contribution < 1.29 is 0 Å². The molecule has 0 aromatic carbocycles. The molecule has 22 heavy (non-hydrogen) atoms. The van der Waals surface area contributed by atoms with Crippen LogP contribution in [-0.2, 0) is 0 Å². The van der Waals surface area contributed by atoms with Crippen molar-refractivity contribution in [1.29, 1.82) is 0 Å². The molecule has 0 spiro atoms. The molecule has 0 radical (unpaired) electrons. The number of hydrogen-bond donors (Lipinski definition) is 1. The van der Waals surface area contributed by atoms with Crippen LogP contribution >= 0.6 is 23.4 Å². The quantitative estimate of drug-likeness (QED) is 0.926. The third kappa shape index (κ3) is 3.44. The van der Waals surface area contributed by atoms with Gasteiger partial charge in [0.15, 0.2) is 0 Å². The van der Waals surface area contributed by atoms with E-state index >= 15 is 0 Å². The van der Waals surface area contributed by atoms with Gasteiger partial charge >= 0.3 is 0 Å². The van der Waals surface area contributed by atoms with Crippen molar-refractivity contribution in [2.24, 2.45) is 5.92 Å². The standard InChI is InChI=1S/C15H18ClN5S/c1-10-3-6-21(7-4-10)12-8-20-13(9-19-12)22-11-2-5-18-15(17)14(11)16/h2,5,8-10H,3-4,6-7H2,1H3,(H2,17,18). The highest BCUT2D eigenvalue weighted by Crippen LogP contribution is 2.34. The molecule has 2 N–H and O–H groups in total. The van der Waals surface area contributed by atoms with Gasteiger partial charge in [0.25, 0.3) is 0 Å². The SMILES string of the molecule is CC1CCN(c2cnc(Sc3ccnc(N)c3Cl)cn2)CC1. The molecule has 0 amide bonds. The second kappa shape index (κ2) is 6.71. The molecule has 1 aliphatic heterocycles. The minimum absolute atomic E-state index is 0.332.